The van der Waals surface area contributed by atoms with Crippen molar-refractivity contribution in [2.45, 2.75) is 18.7 Å². The molecule has 0 spiro atoms. The number of benzene rings is 1. The van der Waals surface area contributed by atoms with Gasteiger partial charge in [0.05, 0.1) is 4.91 Å². The number of rotatable bonds is 5. The van der Waals surface area contributed by atoms with Gasteiger partial charge in [-0.3, -0.25) is 4.55 Å². The van der Waals surface area contributed by atoms with Gasteiger partial charge in [-0.25, -0.2) is 0 Å². The molecule has 0 saturated heterocycles. The molecule has 1 N–H and O–H groups in total. The van der Waals surface area contributed by atoms with Crippen molar-refractivity contribution >= 4 is 43.2 Å². The van der Waals surface area contributed by atoms with Crippen LogP contribution in [0.5, 0.6) is 0 Å². The van der Waals surface area contributed by atoms with Crippen molar-refractivity contribution in [3.8, 4) is 0 Å². The van der Waals surface area contributed by atoms with Crippen molar-refractivity contribution in [3.63, 3.8) is 0 Å². The summed E-state index contributed by atoms with van der Waals surface area (Å²) < 4.78 is 37.4. The third-order valence-corrected chi connectivity index (χ3v) is 6.29. The summed E-state index contributed by atoms with van der Waals surface area (Å²) in [7, 11) is -5.41. The van der Waals surface area contributed by atoms with E-state index in [1.54, 1.807) is 11.8 Å². The van der Waals surface area contributed by atoms with Gasteiger partial charge in [0.25, 0.3) is 4.92 Å². The summed E-state index contributed by atoms with van der Waals surface area (Å²) in [4.78, 5) is 14.7. The quantitative estimate of drug-likeness (QED) is 0.479. The fourth-order valence-electron chi connectivity index (χ4n) is 1.97. The predicted molar refractivity (Wildman–Crippen MR) is 94.3 cm³/mol. The molecule has 9 heteroatoms. The van der Waals surface area contributed by atoms with Crippen molar-refractivity contribution in [1.82, 2.24) is 0 Å². The van der Waals surface area contributed by atoms with Crippen LogP contribution in [-0.4, -0.2) is 29.0 Å². The Bertz CT molecular complexity index is 853. The van der Waals surface area contributed by atoms with Crippen LogP contribution in [0.2, 0.25) is 0 Å². The predicted octanol–water partition coefficient (Wildman–Crippen LogP) is 3.82. The van der Waals surface area contributed by atoms with E-state index in [-0.39, 0.29) is 10.6 Å². The summed E-state index contributed by atoms with van der Waals surface area (Å²) in [6.07, 6.45) is 5.79. The number of nitrogens with zero attached hydrogens (tertiary/aromatic N) is 1. The molecule has 1 aliphatic rings. The van der Waals surface area contributed by atoms with Crippen LogP contribution >= 0.6 is 22.5 Å². The highest BCUT2D eigenvalue weighted by Crippen LogP contribution is 2.37. The van der Waals surface area contributed by atoms with Crippen molar-refractivity contribution in [1.29, 1.82) is 0 Å². The molecule has 1 aromatic carbocycles. The number of thioether (sulfide) groups is 1. The summed E-state index contributed by atoms with van der Waals surface area (Å²) in [6.45, 7) is 3.69. The average Bonchev–Trinajstić information content (AvgIpc) is 2.49. The van der Waals surface area contributed by atoms with E-state index in [0.29, 0.717) is 0 Å². The van der Waals surface area contributed by atoms with Crippen LogP contribution in [0.3, 0.4) is 0 Å². The van der Waals surface area contributed by atoms with Gasteiger partial charge in [0, 0.05) is 20.7 Å². The first kappa shape index (κ1) is 17.9. The Labute approximate surface area is 141 Å². The summed E-state index contributed by atoms with van der Waals surface area (Å²) in [5.41, 5.74) is -0.261. The fourth-order valence-corrected chi connectivity index (χ4v) is 4.80. The molecular formula is C14H16NO5S3+. The van der Waals surface area contributed by atoms with Crippen LogP contribution in [0.4, 0.5) is 5.69 Å². The van der Waals surface area contributed by atoms with Gasteiger partial charge in [0.1, 0.15) is 10.8 Å². The molecule has 124 valence electrons. The van der Waals surface area contributed by atoms with Gasteiger partial charge in [-0.15, -0.1) is 11.8 Å². The summed E-state index contributed by atoms with van der Waals surface area (Å²) in [5.74, 6) is 0. The number of para-hydroxylation sites is 1. The van der Waals surface area contributed by atoms with Crippen LogP contribution in [0, 0.1) is 4.91 Å². The Balaban J connectivity index is 2.39. The average molecular weight is 374 g/mol. The Morgan fingerprint density at radius 1 is 1.22 bits per heavy atom. The molecule has 2 rings (SSSR count). The minimum atomic E-state index is -4.51. The van der Waals surface area contributed by atoms with Crippen LogP contribution in [0.1, 0.15) is 13.8 Å². The van der Waals surface area contributed by atoms with Gasteiger partial charge in [0.15, 0.2) is 4.90 Å². The van der Waals surface area contributed by atoms with E-state index in [1.165, 1.54) is 18.2 Å². The van der Waals surface area contributed by atoms with E-state index in [1.807, 2.05) is 32.3 Å². The molecule has 0 aliphatic carbocycles. The lowest BCUT2D eigenvalue weighted by atomic mass is 10.3. The van der Waals surface area contributed by atoms with Crippen LogP contribution in [0.25, 0.3) is 0 Å². The number of hydrogen-bond acceptors (Lipinski definition) is 5. The number of hydrogen-bond donors (Lipinski definition) is 1. The van der Waals surface area contributed by atoms with Crippen molar-refractivity contribution in [3.05, 3.63) is 51.1 Å². The van der Waals surface area contributed by atoms with E-state index >= 15 is 0 Å². The molecule has 0 saturated carbocycles. The first-order valence-corrected chi connectivity index (χ1v) is 10.3. The maximum Gasteiger partial charge on any atom is 0.338 e. The first-order valence-electron chi connectivity index (χ1n) is 6.48. The first-order chi connectivity index (χ1) is 10.7. The van der Waals surface area contributed by atoms with E-state index in [9.17, 15) is 17.9 Å². The minimum Gasteiger partial charge on any atom is -0.282 e. The standard InChI is InChI=1S/C14H15NO5S3/c1-10-8-12(21-3)9-11(2)22(10)20-15(16)13-6-4-5-7-14(13)23(17,18)19/h4-9H,1-3H3/p+1. The normalized spacial score (nSPS) is 18.3. The van der Waals surface area contributed by atoms with Gasteiger partial charge < -0.3 is 0 Å². The van der Waals surface area contributed by atoms with Crippen molar-refractivity contribution < 1.29 is 22.2 Å². The Morgan fingerprint density at radius 3 is 2.43 bits per heavy atom. The SMILES string of the molecule is CSC1=CC(C)=S(O[N+](=O)c2ccccc2S(=O)(=O)O)C(C)=C1. The molecule has 1 aliphatic heterocycles. The maximum atomic E-state index is 12.3. The fraction of sp³-hybridized carbons (Fsp3) is 0.214. The Kier molecular flexibility index (Phi) is 5.45. The Hall–Kier alpha value is -1.42. The maximum absolute atomic E-state index is 12.3. The van der Waals surface area contributed by atoms with Gasteiger partial charge in [-0.1, -0.05) is 12.1 Å². The van der Waals surface area contributed by atoms with E-state index in [4.69, 9.17) is 4.28 Å². The molecule has 0 amide bonds. The molecule has 1 heterocycles. The van der Waals surface area contributed by atoms with Crippen molar-refractivity contribution in [2.75, 3.05) is 6.26 Å². The molecule has 0 aromatic heterocycles. The molecule has 0 bridgehead atoms. The second-order valence-corrected chi connectivity index (χ2v) is 8.90. The van der Waals surface area contributed by atoms with Gasteiger partial charge >= 0.3 is 15.8 Å². The molecule has 23 heavy (non-hydrogen) atoms. The lowest BCUT2D eigenvalue weighted by molar-refractivity contribution is -0.695. The monoisotopic (exact) mass is 374 g/mol. The molecule has 0 radical (unpaired) electrons. The molecule has 1 unspecified atom stereocenters. The molecule has 6 nitrogen and oxygen atoms in total. The van der Waals surface area contributed by atoms with Gasteiger partial charge in [0.2, 0.25) is 0 Å². The molecule has 1 atom stereocenters. The second-order valence-electron chi connectivity index (χ2n) is 4.66. The molecular weight excluding hydrogens is 358 g/mol. The van der Waals surface area contributed by atoms with Crippen LogP contribution < -0.4 is 0 Å². The van der Waals surface area contributed by atoms with E-state index in [2.05, 4.69) is 0 Å². The van der Waals surface area contributed by atoms with Crippen LogP contribution in [0.15, 0.2) is 51.1 Å². The zero-order valence-corrected chi connectivity index (χ0v) is 15.2. The zero-order chi connectivity index (χ0) is 17.2. The van der Waals surface area contributed by atoms with Gasteiger partial charge in [-0.2, -0.15) is 12.7 Å². The van der Waals surface area contributed by atoms with E-state index in [0.717, 1.165) is 20.7 Å². The molecule has 1 aromatic rings. The van der Waals surface area contributed by atoms with Crippen molar-refractivity contribution in [2.24, 2.45) is 0 Å². The van der Waals surface area contributed by atoms with Gasteiger partial charge in [-0.05, 0) is 38.3 Å². The third kappa shape index (κ3) is 4.11. The highest BCUT2D eigenvalue weighted by molar-refractivity contribution is 8.15. The topological polar surface area (TPSA) is 83.7 Å². The summed E-state index contributed by atoms with van der Waals surface area (Å²) in [6, 6.07) is 5.33. The lowest BCUT2D eigenvalue weighted by Crippen LogP contribution is -2.08. The highest BCUT2D eigenvalue weighted by Gasteiger charge is 2.30. The zero-order valence-electron chi connectivity index (χ0n) is 12.7. The third-order valence-electron chi connectivity index (χ3n) is 2.99. The highest BCUT2D eigenvalue weighted by atomic mass is 32.2. The molecule has 0 fully saturated rings. The minimum absolute atomic E-state index is 0.144. The largest absolute Gasteiger partial charge is 0.338 e. The smallest absolute Gasteiger partial charge is 0.282 e. The summed E-state index contributed by atoms with van der Waals surface area (Å²) in [5, 5.41) is 0. The Morgan fingerprint density at radius 2 is 1.87 bits per heavy atom. The van der Waals surface area contributed by atoms with E-state index < -0.39 is 25.8 Å². The summed E-state index contributed by atoms with van der Waals surface area (Å²) >= 11 is 1.59. The lowest BCUT2D eigenvalue weighted by Gasteiger charge is -2.12. The second kappa shape index (κ2) is 7.00. The van der Waals surface area contributed by atoms with Crippen LogP contribution in [-0.2, 0) is 14.4 Å². The number of allylic oxidation sites excluding steroid dienone is 3.